The Balaban J connectivity index is 1.66. The number of hydrogen-bond donors (Lipinski definition) is 2. The molecule has 0 aliphatic heterocycles. The molecule has 3 aromatic carbocycles. The summed E-state index contributed by atoms with van der Waals surface area (Å²) in [6, 6.07) is 15.4. The molecular weight excluding hydrogens is 397 g/mol. The van der Waals surface area contributed by atoms with Gasteiger partial charge in [0.25, 0.3) is 0 Å². The van der Waals surface area contributed by atoms with Crippen molar-refractivity contribution in [2.75, 3.05) is 0 Å². The molecule has 1 atom stereocenters. The Morgan fingerprint density at radius 3 is 2.41 bits per heavy atom. The zero-order valence-electron chi connectivity index (χ0n) is 15.0. The lowest BCUT2D eigenvalue weighted by Crippen LogP contribution is -2.42. The molecule has 0 saturated carbocycles. The highest BCUT2D eigenvalue weighted by Gasteiger charge is 2.26. The summed E-state index contributed by atoms with van der Waals surface area (Å²) in [5.74, 6) is -1.78. The fourth-order valence-corrected chi connectivity index (χ4v) is 4.38. The average Bonchev–Trinajstić information content (AvgIpc) is 3.07. The van der Waals surface area contributed by atoms with Crippen LogP contribution in [0.1, 0.15) is 5.56 Å². The Morgan fingerprint density at radius 1 is 1.00 bits per heavy atom. The number of hydrogen-bond acceptors (Lipinski definition) is 4. The minimum atomic E-state index is -4.12. The maximum atomic E-state index is 13.1. The first-order valence-electron chi connectivity index (χ1n) is 8.74. The first-order valence-corrected chi connectivity index (χ1v) is 10.2. The van der Waals surface area contributed by atoms with Crippen LogP contribution in [0, 0.1) is 5.82 Å². The van der Waals surface area contributed by atoms with E-state index >= 15 is 0 Å². The standard InChI is InChI=1S/C21H16FNO5S/c22-14-7-5-13(6-8-14)11-18(21(24)25)23-29(26,27)15-9-10-20-17(12-15)16-3-1-2-4-19(16)28-20/h1-10,12,18,23H,11H2,(H,24,25). The minimum Gasteiger partial charge on any atom is -0.480 e. The fraction of sp³-hybridized carbons (Fsp3) is 0.0952. The van der Waals surface area contributed by atoms with Crippen molar-refractivity contribution in [2.24, 2.45) is 0 Å². The molecule has 0 fully saturated rings. The molecule has 8 heteroatoms. The van der Waals surface area contributed by atoms with E-state index in [0.29, 0.717) is 22.1 Å². The van der Waals surface area contributed by atoms with Gasteiger partial charge in [-0.05, 0) is 48.4 Å². The monoisotopic (exact) mass is 413 g/mol. The fourth-order valence-electron chi connectivity index (χ4n) is 3.16. The first-order chi connectivity index (χ1) is 13.8. The lowest BCUT2D eigenvalue weighted by atomic mass is 10.1. The molecule has 4 rings (SSSR count). The molecule has 1 aromatic heterocycles. The molecule has 6 nitrogen and oxygen atoms in total. The van der Waals surface area contributed by atoms with Crippen molar-refractivity contribution in [3.63, 3.8) is 0 Å². The number of halogens is 1. The van der Waals surface area contributed by atoms with Crippen LogP contribution in [0.2, 0.25) is 0 Å². The molecule has 0 aliphatic rings. The summed E-state index contributed by atoms with van der Waals surface area (Å²) >= 11 is 0. The molecule has 0 radical (unpaired) electrons. The van der Waals surface area contributed by atoms with Crippen molar-refractivity contribution in [1.29, 1.82) is 0 Å². The summed E-state index contributed by atoms with van der Waals surface area (Å²) < 4.78 is 46.6. The van der Waals surface area contributed by atoms with Gasteiger partial charge in [-0.2, -0.15) is 4.72 Å². The number of sulfonamides is 1. The van der Waals surface area contributed by atoms with E-state index < -0.39 is 27.9 Å². The van der Waals surface area contributed by atoms with E-state index in [1.54, 1.807) is 12.1 Å². The van der Waals surface area contributed by atoms with Crippen LogP contribution < -0.4 is 4.72 Å². The van der Waals surface area contributed by atoms with Crippen LogP contribution in [-0.2, 0) is 21.2 Å². The molecule has 29 heavy (non-hydrogen) atoms. The Bertz CT molecular complexity index is 1310. The Kier molecular flexibility index (Phi) is 4.81. The number of nitrogens with one attached hydrogen (secondary N) is 1. The van der Waals surface area contributed by atoms with Gasteiger partial charge in [-0.15, -0.1) is 0 Å². The van der Waals surface area contributed by atoms with Gasteiger partial charge in [0.15, 0.2) is 0 Å². The predicted octanol–water partition coefficient (Wildman–Crippen LogP) is 3.70. The van der Waals surface area contributed by atoms with E-state index in [2.05, 4.69) is 4.72 Å². The van der Waals surface area contributed by atoms with Gasteiger partial charge in [-0.1, -0.05) is 30.3 Å². The van der Waals surface area contributed by atoms with Crippen molar-refractivity contribution in [3.8, 4) is 0 Å². The highest BCUT2D eigenvalue weighted by Crippen LogP contribution is 2.30. The Hall–Kier alpha value is -3.23. The van der Waals surface area contributed by atoms with Gasteiger partial charge < -0.3 is 9.52 Å². The first kappa shape index (κ1) is 19.1. The second-order valence-electron chi connectivity index (χ2n) is 6.60. The Labute approximate surface area is 165 Å². The Morgan fingerprint density at radius 2 is 1.69 bits per heavy atom. The smallest absolute Gasteiger partial charge is 0.322 e. The van der Waals surface area contributed by atoms with Crippen molar-refractivity contribution < 1.29 is 27.1 Å². The molecule has 1 unspecified atom stereocenters. The van der Waals surface area contributed by atoms with Crippen LogP contribution in [0.4, 0.5) is 4.39 Å². The third-order valence-electron chi connectivity index (χ3n) is 4.61. The van der Waals surface area contributed by atoms with Crippen LogP contribution in [-0.4, -0.2) is 25.5 Å². The molecule has 2 N–H and O–H groups in total. The number of carbonyl (C=O) groups is 1. The van der Waals surface area contributed by atoms with E-state index in [9.17, 15) is 22.7 Å². The molecule has 0 spiro atoms. The number of carboxylic acids is 1. The van der Waals surface area contributed by atoms with Gasteiger partial charge in [-0.25, -0.2) is 12.8 Å². The van der Waals surface area contributed by atoms with Crippen molar-refractivity contribution in [2.45, 2.75) is 17.4 Å². The topological polar surface area (TPSA) is 96.6 Å². The molecule has 0 amide bonds. The zero-order valence-corrected chi connectivity index (χ0v) is 15.8. The maximum Gasteiger partial charge on any atom is 0.322 e. The summed E-state index contributed by atoms with van der Waals surface area (Å²) in [5, 5.41) is 10.8. The minimum absolute atomic E-state index is 0.0677. The van der Waals surface area contributed by atoms with E-state index in [0.717, 1.165) is 5.39 Å². The highest BCUT2D eigenvalue weighted by atomic mass is 32.2. The number of para-hydroxylation sites is 1. The van der Waals surface area contributed by atoms with E-state index in [4.69, 9.17) is 4.42 Å². The van der Waals surface area contributed by atoms with E-state index in [1.165, 1.54) is 36.4 Å². The molecule has 4 aromatic rings. The third kappa shape index (κ3) is 3.85. The van der Waals surface area contributed by atoms with E-state index in [-0.39, 0.29) is 11.3 Å². The van der Waals surface area contributed by atoms with Crippen LogP contribution in [0.5, 0.6) is 0 Å². The van der Waals surface area contributed by atoms with Gasteiger partial charge in [0.2, 0.25) is 10.0 Å². The number of furan rings is 1. The highest BCUT2D eigenvalue weighted by molar-refractivity contribution is 7.89. The molecule has 0 aliphatic carbocycles. The summed E-state index contributed by atoms with van der Waals surface area (Å²) in [5.41, 5.74) is 1.66. The molecule has 0 saturated heterocycles. The zero-order chi connectivity index (χ0) is 20.6. The summed E-state index contributed by atoms with van der Waals surface area (Å²) in [6.07, 6.45) is -0.119. The van der Waals surface area contributed by atoms with Crippen LogP contribution in [0.25, 0.3) is 21.9 Å². The van der Waals surface area contributed by atoms with Crippen LogP contribution in [0.3, 0.4) is 0 Å². The van der Waals surface area contributed by atoms with Gasteiger partial charge in [0, 0.05) is 10.8 Å². The molecule has 1 heterocycles. The number of aliphatic carboxylic acids is 1. The molecule has 148 valence electrons. The predicted molar refractivity (Wildman–Crippen MR) is 106 cm³/mol. The van der Waals surface area contributed by atoms with Crippen molar-refractivity contribution >= 4 is 37.9 Å². The molecular formula is C21H16FNO5S. The molecule has 0 bridgehead atoms. The lowest BCUT2D eigenvalue weighted by molar-refractivity contribution is -0.138. The van der Waals surface area contributed by atoms with Crippen LogP contribution >= 0.6 is 0 Å². The summed E-state index contributed by atoms with van der Waals surface area (Å²) in [7, 11) is -4.12. The lowest BCUT2D eigenvalue weighted by Gasteiger charge is -2.15. The second-order valence-corrected chi connectivity index (χ2v) is 8.31. The number of fused-ring (bicyclic) bond motifs is 3. The van der Waals surface area contributed by atoms with E-state index in [1.807, 2.05) is 18.2 Å². The SMILES string of the molecule is O=C(O)C(Cc1ccc(F)cc1)NS(=O)(=O)c1ccc2oc3ccccc3c2c1. The third-order valence-corrected chi connectivity index (χ3v) is 6.08. The quantitative estimate of drug-likeness (QED) is 0.502. The second kappa shape index (κ2) is 7.31. The average molecular weight is 413 g/mol. The number of carboxylic acid groups (broad SMARTS) is 1. The normalized spacial score (nSPS) is 13.0. The van der Waals surface area contributed by atoms with Gasteiger partial charge in [0.05, 0.1) is 4.90 Å². The number of rotatable bonds is 6. The largest absolute Gasteiger partial charge is 0.480 e. The number of benzene rings is 3. The van der Waals surface area contributed by atoms with Crippen molar-refractivity contribution in [3.05, 3.63) is 78.1 Å². The van der Waals surface area contributed by atoms with Crippen LogP contribution in [0.15, 0.2) is 76.0 Å². The van der Waals surface area contributed by atoms with Gasteiger partial charge >= 0.3 is 5.97 Å². The summed E-state index contributed by atoms with van der Waals surface area (Å²) in [6.45, 7) is 0. The van der Waals surface area contributed by atoms with Crippen molar-refractivity contribution in [1.82, 2.24) is 4.72 Å². The van der Waals surface area contributed by atoms with Gasteiger partial charge in [0.1, 0.15) is 23.0 Å². The van der Waals surface area contributed by atoms with Gasteiger partial charge in [-0.3, -0.25) is 4.79 Å². The maximum absolute atomic E-state index is 13.1. The summed E-state index contributed by atoms with van der Waals surface area (Å²) in [4.78, 5) is 11.5.